The predicted molar refractivity (Wildman–Crippen MR) is 69.0 cm³/mol. The Morgan fingerprint density at radius 2 is 2.20 bits per heavy atom. The zero-order chi connectivity index (χ0) is 14.8. The van der Waals surface area contributed by atoms with Gasteiger partial charge in [-0.05, 0) is 32.0 Å². The molecule has 1 aliphatic rings. The van der Waals surface area contributed by atoms with Crippen LogP contribution in [0.15, 0.2) is 24.3 Å². The first-order valence-corrected chi connectivity index (χ1v) is 6.35. The van der Waals surface area contributed by atoms with E-state index >= 15 is 0 Å². The van der Waals surface area contributed by atoms with Crippen LogP contribution in [0.5, 0.6) is 5.75 Å². The lowest BCUT2D eigenvalue weighted by molar-refractivity contribution is -0.0764. The van der Waals surface area contributed by atoms with E-state index in [1.807, 2.05) is 13.8 Å². The third-order valence-corrected chi connectivity index (χ3v) is 3.02. The van der Waals surface area contributed by atoms with E-state index in [1.54, 1.807) is 11.0 Å². The third-order valence-electron chi connectivity index (χ3n) is 3.02. The van der Waals surface area contributed by atoms with E-state index in [0.717, 1.165) is 0 Å². The number of rotatable bonds is 3. The first-order valence-electron chi connectivity index (χ1n) is 6.35. The number of amides is 1. The summed E-state index contributed by atoms with van der Waals surface area (Å²) in [6.07, 6.45) is 0. The van der Waals surface area contributed by atoms with Gasteiger partial charge in [-0.1, -0.05) is 6.07 Å². The van der Waals surface area contributed by atoms with E-state index in [9.17, 15) is 13.6 Å². The molecule has 0 atom stereocenters. The van der Waals surface area contributed by atoms with Gasteiger partial charge >= 0.3 is 6.61 Å². The maximum atomic E-state index is 12.4. The number of ether oxygens (including phenoxy) is 2. The quantitative estimate of drug-likeness (QED) is 0.856. The molecule has 0 bridgehead atoms. The fourth-order valence-corrected chi connectivity index (χ4v) is 2.18. The lowest BCUT2D eigenvalue weighted by atomic mass is 10.1. The zero-order valence-corrected chi connectivity index (χ0v) is 11.4. The van der Waals surface area contributed by atoms with Crippen LogP contribution >= 0.6 is 0 Å². The summed E-state index contributed by atoms with van der Waals surface area (Å²) in [6, 6.07) is 5.84. The second-order valence-corrected chi connectivity index (χ2v) is 5.24. The molecule has 0 aliphatic carbocycles. The van der Waals surface area contributed by atoms with Crippen molar-refractivity contribution in [2.75, 3.05) is 19.7 Å². The van der Waals surface area contributed by atoms with Crippen molar-refractivity contribution in [2.45, 2.75) is 26.1 Å². The van der Waals surface area contributed by atoms with Gasteiger partial charge in [0.05, 0.1) is 12.2 Å². The maximum absolute atomic E-state index is 12.4. The fourth-order valence-electron chi connectivity index (χ4n) is 2.18. The Balaban J connectivity index is 2.12. The molecule has 1 heterocycles. The Morgan fingerprint density at radius 1 is 1.45 bits per heavy atom. The normalized spacial score (nSPS) is 18.1. The number of morpholine rings is 1. The first-order chi connectivity index (χ1) is 9.37. The molecular weight excluding hydrogens is 268 g/mol. The molecule has 6 heteroatoms. The van der Waals surface area contributed by atoms with E-state index < -0.39 is 12.2 Å². The molecule has 1 aliphatic heterocycles. The van der Waals surface area contributed by atoms with Gasteiger partial charge in [0.15, 0.2) is 0 Å². The minimum Gasteiger partial charge on any atom is -0.435 e. The summed E-state index contributed by atoms with van der Waals surface area (Å²) in [5.74, 6) is -0.223. The van der Waals surface area contributed by atoms with Crippen molar-refractivity contribution < 1.29 is 23.0 Å². The lowest BCUT2D eigenvalue weighted by Gasteiger charge is -2.38. The molecule has 1 fully saturated rings. The number of carbonyl (C=O) groups is 1. The van der Waals surface area contributed by atoms with Gasteiger partial charge in [0.2, 0.25) is 0 Å². The first kappa shape index (κ1) is 14.7. The Bertz CT molecular complexity index is 491. The SMILES string of the molecule is CC1(C)CN(C(=O)c2cccc(OC(F)F)c2)CCO1. The summed E-state index contributed by atoms with van der Waals surface area (Å²) in [4.78, 5) is 14.0. The minimum atomic E-state index is -2.90. The van der Waals surface area contributed by atoms with E-state index in [1.165, 1.54) is 18.2 Å². The maximum Gasteiger partial charge on any atom is 0.387 e. The Hall–Kier alpha value is -1.69. The van der Waals surface area contributed by atoms with Crippen molar-refractivity contribution in [1.82, 2.24) is 4.90 Å². The Kier molecular flexibility index (Phi) is 4.23. The van der Waals surface area contributed by atoms with E-state index in [2.05, 4.69) is 4.74 Å². The molecule has 0 saturated carbocycles. The zero-order valence-electron chi connectivity index (χ0n) is 11.4. The molecule has 1 aromatic carbocycles. The Labute approximate surface area is 116 Å². The summed E-state index contributed by atoms with van der Waals surface area (Å²) in [6.45, 7) is 2.33. The molecule has 4 nitrogen and oxygen atoms in total. The molecule has 20 heavy (non-hydrogen) atoms. The summed E-state index contributed by atoms with van der Waals surface area (Å²) in [5, 5.41) is 0. The predicted octanol–water partition coefficient (Wildman–Crippen LogP) is 2.54. The Morgan fingerprint density at radius 3 is 2.85 bits per heavy atom. The molecule has 0 spiro atoms. The molecule has 1 amide bonds. The number of carbonyl (C=O) groups excluding carboxylic acids is 1. The standard InChI is InChI=1S/C14H17F2NO3/c1-14(2)9-17(6-7-19-14)12(18)10-4-3-5-11(8-10)20-13(15)16/h3-5,8,13H,6-7,9H2,1-2H3. The molecule has 1 aromatic rings. The number of benzene rings is 1. The number of halogens is 2. The van der Waals surface area contributed by atoms with Crippen LogP contribution < -0.4 is 4.74 Å². The van der Waals surface area contributed by atoms with Crippen LogP contribution in [0.1, 0.15) is 24.2 Å². The monoisotopic (exact) mass is 285 g/mol. The van der Waals surface area contributed by atoms with Crippen LogP contribution in [0, 0.1) is 0 Å². The largest absolute Gasteiger partial charge is 0.435 e. The summed E-state index contributed by atoms with van der Waals surface area (Å²) in [5.41, 5.74) is -0.0637. The molecule has 1 saturated heterocycles. The van der Waals surface area contributed by atoms with Crippen molar-refractivity contribution in [1.29, 1.82) is 0 Å². The third kappa shape index (κ3) is 3.66. The van der Waals surface area contributed by atoms with Crippen molar-refractivity contribution in [2.24, 2.45) is 0 Å². The molecule has 0 radical (unpaired) electrons. The topological polar surface area (TPSA) is 38.8 Å². The summed E-state index contributed by atoms with van der Waals surface area (Å²) < 4.78 is 34.2. The van der Waals surface area contributed by atoms with Crippen LogP contribution in [0.4, 0.5) is 8.78 Å². The van der Waals surface area contributed by atoms with Gasteiger partial charge in [-0.15, -0.1) is 0 Å². The van der Waals surface area contributed by atoms with Crippen molar-refractivity contribution >= 4 is 5.91 Å². The average Bonchev–Trinajstić information content (AvgIpc) is 2.36. The fraction of sp³-hybridized carbons (Fsp3) is 0.500. The van der Waals surface area contributed by atoms with Crippen molar-refractivity contribution in [3.8, 4) is 5.75 Å². The molecule has 0 N–H and O–H groups in total. The second-order valence-electron chi connectivity index (χ2n) is 5.24. The lowest BCUT2D eigenvalue weighted by Crippen LogP contribution is -2.50. The van der Waals surface area contributed by atoms with E-state index in [-0.39, 0.29) is 11.7 Å². The molecule has 0 unspecified atom stereocenters. The van der Waals surface area contributed by atoms with Gasteiger partial charge in [0.25, 0.3) is 5.91 Å². The summed E-state index contributed by atoms with van der Waals surface area (Å²) >= 11 is 0. The van der Waals surface area contributed by atoms with Gasteiger partial charge in [-0.25, -0.2) is 0 Å². The highest BCUT2D eigenvalue weighted by Crippen LogP contribution is 2.21. The number of alkyl halides is 2. The van der Waals surface area contributed by atoms with Gasteiger partial charge in [0, 0.05) is 18.7 Å². The highest BCUT2D eigenvalue weighted by atomic mass is 19.3. The van der Waals surface area contributed by atoms with Crippen LogP contribution in [0.2, 0.25) is 0 Å². The van der Waals surface area contributed by atoms with Gasteiger partial charge in [0.1, 0.15) is 5.75 Å². The molecular formula is C14H17F2NO3. The number of hydrogen-bond acceptors (Lipinski definition) is 3. The minimum absolute atomic E-state index is 0.0154. The van der Waals surface area contributed by atoms with Gasteiger partial charge in [-0.3, -0.25) is 4.79 Å². The van der Waals surface area contributed by atoms with E-state index in [4.69, 9.17) is 4.74 Å². The van der Waals surface area contributed by atoms with Crippen LogP contribution in [0.3, 0.4) is 0 Å². The molecule has 0 aromatic heterocycles. The van der Waals surface area contributed by atoms with E-state index in [0.29, 0.717) is 25.3 Å². The van der Waals surface area contributed by atoms with Gasteiger partial charge in [-0.2, -0.15) is 8.78 Å². The second kappa shape index (κ2) is 5.75. The smallest absolute Gasteiger partial charge is 0.387 e. The summed E-state index contributed by atoms with van der Waals surface area (Å²) in [7, 11) is 0. The van der Waals surface area contributed by atoms with Crippen LogP contribution in [-0.2, 0) is 4.74 Å². The average molecular weight is 285 g/mol. The molecule has 110 valence electrons. The number of hydrogen-bond donors (Lipinski definition) is 0. The highest BCUT2D eigenvalue weighted by Gasteiger charge is 2.30. The van der Waals surface area contributed by atoms with Crippen molar-refractivity contribution in [3.05, 3.63) is 29.8 Å². The van der Waals surface area contributed by atoms with Crippen LogP contribution in [0.25, 0.3) is 0 Å². The number of nitrogens with zero attached hydrogens (tertiary/aromatic N) is 1. The van der Waals surface area contributed by atoms with Gasteiger partial charge < -0.3 is 14.4 Å². The van der Waals surface area contributed by atoms with Crippen LogP contribution in [-0.4, -0.2) is 42.7 Å². The molecule has 2 rings (SSSR count). The highest BCUT2D eigenvalue weighted by molar-refractivity contribution is 5.94. The van der Waals surface area contributed by atoms with Crippen molar-refractivity contribution in [3.63, 3.8) is 0 Å².